The number of nitrogens with zero attached hydrogens (tertiary/aromatic N) is 3. The number of nitrogens with two attached hydrogens (primary N) is 2. The van der Waals surface area contributed by atoms with E-state index in [0.717, 1.165) is 16.9 Å². The summed E-state index contributed by atoms with van der Waals surface area (Å²) in [6.07, 6.45) is 3.16. The van der Waals surface area contributed by atoms with Gasteiger partial charge in [0.25, 0.3) is 5.91 Å². The number of fused-ring (bicyclic) bond motifs is 1. The van der Waals surface area contributed by atoms with Gasteiger partial charge in [0, 0.05) is 17.1 Å². The minimum Gasteiger partial charge on any atom is -0.397 e. The summed E-state index contributed by atoms with van der Waals surface area (Å²) < 4.78 is 0. The molecule has 4 rings (SSSR count). The molecule has 0 atom stereocenters. The molecule has 5 N–H and O–H groups in total. The highest BCUT2D eigenvalue weighted by molar-refractivity contribution is 7.21. The molecule has 9 heteroatoms. The summed E-state index contributed by atoms with van der Waals surface area (Å²) in [6.45, 7) is 0. The van der Waals surface area contributed by atoms with E-state index in [2.05, 4.69) is 21.4 Å². The smallest absolute Gasteiger partial charge is 0.267 e. The van der Waals surface area contributed by atoms with Gasteiger partial charge in [0.15, 0.2) is 0 Å². The van der Waals surface area contributed by atoms with Crippen molar-refractivity contribution in [3.8, 4) is 17.2 Å². The Hall–Kier alpha value is -3.48. The standard InChI is InChI=1S/C18H12N6OS2/c19-6-11-12(9-3-5-26-8-9)13-14(20)15(27-18(13)24-16(11)21)17(25)23-10-2-1-4-22-7-10/h1-5,7-8H,20H2,(H2,21,24)(H,23,25). The molecule has 0 aromatic carbocycles. The number of anilines is 3. The summed E-state index contributed by atoms with van der Waals surface area (Å²) in [4.78, 5) is 21.8. The monoisotopic (exact) mass is 392 g/mol. The van der Waals surface area contributed by atoms with Crippen LogP contribution >= 0.6 is 22.7 Å². The third-order valence-electron chi connectivity index (χ3n) is 3.95. The summed E-state index contributed by atoms with van der Waals surface area (Å²) in [5.74, 6) is -0.247. The van der Waals surface area contributed by atoms with Crippen LogP contribution in [0.4, 0.5) is 17.2 Å². The van der Waals surface area contributed by atoms with Gasteiger partial charge in [0.1, 0.15) is 27.2 Å². The minimum atomic E-state index is -0.364. The summed E-state index contributed by atoms with van der Waals surface area (Å²) in [5, 5.41) is 16.7. The van der Waals surface area contributed by atoms with Gasteiger partial charge >= 0.3 is 0 Å². The fraction of sp³-hybridized carbons (Fsp3) is 0. The quantitative estimate of drug-likeness (QED) is 0.487. The first-order valence-electron chi connectivity index (χ1n) is 7.75. The van der Waals surface area contributed by atoms with E-state index >= 15 is 0 Å². The number of nitrogen functional groups attached to an aromatic ring is 2. The Morgan fingerprint density at radius 1 is 1.30 bits per heavy atom. The highest BCUT2D eigenvalue weighted by atomic mass is 32.1. The van der Waals surface area contributed by atoms with Crippen molar-refractivity contribution in [2.75, 3.05) is 16.8 Å². The SMILES string of the molecule is N#Cc1c(N)nc2sc(C(=O)Nc3cccnc3)c(N)c2c1-c1ccsc1. The van der Waals surface area contributed by atoms with Crippen molar-refractivity contribution in [2.24, 2.45) is 0 Å². The van der Waals surface area contributed by atoms with Crippen LogP contribution in [0, 0.1) is 11.3 Å². The zero-order chi connectivity index (χ0) is 19.0. The molecule has 0 fully saturated rings. The van der Waals surface area contributed by atoms with Gasteiger partial charge in [-0.2, -0.15) is 16.6 Å². The van der Waals surface area contributed by atoms with E-state index in [1.807, 2.05) is 16.8 Å². The van der Waals surface area contributed by atoms with Crippen molar-refractivity contribution in [3.05, 3.63) is 51.8 Å². The fourth-order valence-corrected chi connectivity index (χ4v) is 4.43. The number of pyridine rings is 2. The van der Waals surface area contributed by atoms with E-state index in [-0.39, 0.29) is 23.0 Å². The van der Waals surface area contributed by atoms with Crippen LogP contribution in [0.5, 0.6) is 0 Å². The summed E-state index contributed by atoms with van der Waals surface area (Å²) in [6, 6.07) is 7.44. The Labute approximate surface area is 161 Å². The molecular weight excluding hydrogens is 380 g/mol. The predicted octanol–water partition coefficient (Wildman–Crippen LogP) is 3.71. The van der Waals surface area contributed by atoms with Crippen LogP contribution in [0.15, 0.2) is 41.4 Å². The first kappa shape index (κ1) is 17.0. The second kappa shape index (κ2) is 6.68. The molecule has 4 heterocycles. The van der Waals surface area contributed by atoms with Crippen LogP contribution in [0.25, 0.3) is 21.3 Å². The number of hydrogen-bond donors (Lipinski definition) is 3. The molecule has 1 amide bonds. The molecule has 0 aliphatic rings. The predicted molar refractivity (Wildman–Crippen MR) is 109 cm³/mol. The van der Waals surface area contributed by atoms with Gasteiger partial charge < -0.3 is 16.8 Å². The molecule has 0 radical (unpaired) electrons. The minimum absolute atomic E-state index is 0.117. The molecule has 27 heavy (non-hydrogen) atoms. The van der Waals surface area contributed by atoms with Crippen molar-refractivity contribution in [1.29, 1.82) is 5.26 Å². The number of thiophene rings is 2. The summed E-state index contributed by atoms with van der Waals surface area (Å²) in [7, 11) is 0. The molecule has 0 unspecified atom stereocenters. The Kier molecular flexibility index (Phi) is 4.19. The first-order valence-corrected chi connectivity index (χ1v) is 9.51. The Balaban J connectivity index is 1.91. The van der Waals surface area contributed by atoms with Gasteiger partial charge in [-0.25, -0.2) is 4.98 Å². The van der Waals surface area contributed by atoms with E-state index in [4.69, 9.17) is 11.5 Å². The molecule has 7 nitrogen and oxygen atoms in total. The van der Waals surface area contributed by atoms with Gasteiger partial charge in [-0.3, -0.25) is 9.78 Å². The topological polar surface area (TPSA) is 131 Å². The zero-order valence-electron chi connectivity index (χ0n) is 13.8. The molecule has 4 aromatic heterocycles. The molecule has 132 valence electrons. The maximum Gasteiger partial charge on any atom is 0.267 e. The summed E-state index contributed by atoms with van der Waals surface area (Å²) >= 11 is 2.64. The van der Waals surface area contributed by atoms with Gasteiger partial charge in [-0.15, -0.1) is 11.3 Å². The highest BCUT2D eigenvalue weighted by Gasteiger charge is 2.24. The highest BCUT2D eigenvalue weighted by Crippen LogP contribution is 2.43. The van der Waals surface area contributed by atoms with E-state index in [1.165, 1.54) is 11.3 Å². The zero-order valence-corrected chi connectivity index (χ0v) is 15.4. The molecule has 0 aliphatic carbocycles. The van der Waals surface area contributed by atoms with Gasteiger partial charge in [-0.05, 0) is 34.5 Å². The number of carbonyl (C=O) groups is 1. The number of nitriles is 1. The largest absolute Gasteiger partial charge is 0.397 e. The molecule has 0 spiro atoms. The van der Waals surface area contributed by atoms with Crippen molar-refractivity contribution in [1.82, 2.24) is 9.97 Å². The van der Waals surface area contributed by atoms with Crippen molar-refractivity contribution >= 4 is 56.0 Å². The number of carbonyl (C=O) groups excluding carboxylic acids is 1. The van der Waals surface area contributed by atoms with Crippen LogP contribution in [0.2, 0.25) is 0 Å². The van der Waals surface area contributed by atoms with E-state index in [0.29, 0.717) is 26.3 Å². The lowest BCUT2D eigenvalue weighted by atomic mass is 9.99. The Morgan fingerprint density at radius 2 is 2.15 bits per heavy atom. The Bertz CT molecular complexity index is 1190. The van der Waals surface area contributed by atoms with Crippen molar-refractivity contribution < 1.29 is 4.79 Å². The van der Waals surface area contributed by atoms with Crippen LogP contribution in [-0.2, 0) is 0 Å². The van der Waals surface area contributed by atoms with E-state index < -0.39 is 0 Å². The fourth-order valence-electron chi connectivity index (χ4n) is 2.77. The third-order valence-corrected chi connectivity index (χ3v) is 5.73. The number of amides is 1. The first-order chi connectivity index (χ1) is 13.1. The van der Waals surface area contributed by atoms with Crippen LogP contribution in [0.1, 0.15) is 15.2 Å². The maximum absolute atomic E-state index is 12.7. The van der Waals surface area contributed by atoms with E-state index in [1.54, 1.807) is 24.5 Å². The van der Waals surface area contributed by atoms with Gasteiger partial charge in [0.05, 0.1) is 17.6 Å². The molecule has 0 aliphatic heterocycles. The normalized spacial score (nSPS) is 10.6. The lowest BCUT2D eigenvalue weighted by Gasteiger charge is -2.08. The third kappa shape index (κ3) is 2.87. The summed E-state index contributed by atoms with van der Waals surface area (Å²) in [5.41, 5.74) is 14.8. The van der Waals surface area contributed by atoms with Crippen molar-refractivity contribution in [2.45, 2.75) is 0 Å². The molecule has 0 saturated carbocycles. The lowest BCUT2D eigenvalue weighted by molar-refractivity contribution is 0.103. The second-order valence-corrected chi connectivity index (χ2v) is 7.37. The Morgan fingerprint density at radius 3 is 2.81 bits per heavy atom. The van der Waals surface area contributed by atoms with Crippen LogP contribution in [0.3, 0.4) is 0 Å². The van der Waals surface area contributed by atoms with Crippen molar-refractivity contribution in [3.63, 3.8) is 0 Å². The number of aromatic nitrogens is 2. The van der Waals surface area contributed by atoms with E-state index in [9.17, 15) is 10.1 Å². The van der Waals surface area contributed by atoms with Gasteiger partial charge in [-0.1, -0.05) is 0 Å². The average Bonchev–Trinajstić information content (AvgIpc) is 3.30. The number of rotatable bonds is 3. The van der Waals surface area contributed by atoms with Crippen LogP contribution < -0.4 is 16.8 Å². The van der Waals surface area contributed by atoms with Gasteiger partial charge in [0.2, 0.25) is 0 Å². The second-order valence-electron chi connectivity index (χ2n) is 5.59. The molecular formula is C18H12N6OS2. The number of hydrogen-bond acceptors (Lipinski definition) is 8. The average molecular weight is 392 g/mol. The maximum atomic E-state index is 12.7. The molecule has 0 saturated heterocycles. The molecule has 4 aromatic rings. The lowest BCUT2D eigenvalue weighted by Crippen LogP contribution is -2.12. The molecule has 0 bridgehead atoms. The van der Waals surface area contributed by atoms with Crippen LogP contribution in [-0.4, -0.2) is 15.9 Å². The number of nitrogens with one attached hydrogen (secondary N) is 1.